The molecular formula is C21H27NO4. The van der Waals surface area contributed by atoms with Crippen molar-refractivity contribution < 1.29 is 19.2 Å². The summed E-state index contributed by atoms with van der Waals surface area (Å²) in [7, 11) is 1.37. The van der Waals surface area contributed by atoms with Crippen LogP contribution >= 0.6 is 0 Å². The third kappa shape index (κ3) is 6.06. The van der Waals surface area contributed by atoms with E-state index in [2.05, 4.69) is 30.3 Å². The highest BCUT2D eigenvalue weighted by atomic mass is 16.8. The maximum absolute atomic E-state index is 12.1. The fourth-order valence-electron chi connectivity index (χ4n) is 2.68. The van der Waals surface area contributed by atoms with Crippen molar-refractivity contribution in [2.24, 2.45) is 5.92 Å². The van der Waals surface area contributed by atoms with Gasteiger partial charge in [0.25, 0.3) is 0 Å². The molecule has 1 unspecified atom stereocenters. The Morgan fingerprint density at radius 1 is 1.08 bits per heavy atom. The van der Waals surface area contributed by atoms with Crippen LogP contribution in [0.2, 0.25) is 0 Å². The molecule has 1 atom stereocenters. The summed E-state index contributed by atoms with van der Waals surface area (Å²) in [6.07, 6.45) is 0.295. The molecule has 2 rings (SSSR count). The fraction of sp³-hybridized carbons (Fsp3) is 0.429. The average molecular weight is 357 g/mol. The van der Waals surface area contributed by atoms with E-state index < -0.39 is 17.7 Å². The van der Waals surface area contributed by atoms with E-state index in [1.54, 1.807) is 20.8 Å². The first kappa shape index (κ1) is 19.8. The van der Waals surface area contributed by atoms with E-state index >= 15 is 0 Å². The number of carbonyl (C=O) groups is 2. The van der Waals surface area contributed by atoms with Gasteiger partial charge in [0.05, 0.1) is 13.5 Å². The molecule has 0 bridgehead atoms. The lowest BCUT2D eigenvalue weighted by Gasteiger charge is -2.23. The Hall–Kier alpha value is -2.56. The summed E-state index contributed by atoms with van der Waals surface area (Å²) >= 11 is 0. The predicted molar refractivity (Wildman–Crippen MR) is 102 cm³/mol. The molecule has 0 fully saturated rings. The third-order valence-electron chi connectivity index (χ3n) is 3.80. The predicted octanol–water partition coefficient (Wildman–Crippen LogP) is 4.73. The summed E-state index contributed by atoms with van der Waals surface area (Å²) in [5, 5.41) is 3.22. The van der Waals surface area contributed by atoms with Crippen LogP contribution in [-0.2, 0) is 20.8 Å². The molecule has 0 aliphatic carbocycles. The zero-order valence-corrected chi connectivity index (χ0v) is 16.1. The largest absolute Gasteiger partial charge is 0.443 e. The summed E-state index contributed by atoms with van der Waals surface area (Å²) in [4.78, 5) is 28.9. The minimum Gasteiger partial charge on any atom is -0.442 e. The number of ether oxygens (including phenoxy) is 1. The Kier molecular flexibility index (Phi) is 6.24. The topological polar surface area (TPSA) is 55.8 Å². The van der Waals surface area contributed by atoms with Crippen LogP contribution in [0.4, 0.5) is 4.79 Å². The Morgan fingerprint density at radius 2 is 1.73 bits per heavy atom. The van der Waals surface area contributed by atoms with Crippen LogP contribution in [0.1, 0.15) is 39.7 Å². The SMILES string of the molecule is CC(CC(=O)ON(C)C(=O)OC(C)(C)C)Cc1ccc2ccccc2c1. The first-order valence-electron chi connectivity index (χ1n) is 8.79. The van der Waals surface area contributed by atoms with Gasteiger partial charge >= 0.3 is 12.1 Å². The molecule has 0 aromatic heterocycles. The van der Waals surface area contributed by atoms with Crippen molar-refractivity contribution >= 4 is 22.8 Å². The Bertz CT molecular complexity index is 779. The zero-order valence-electron chi connectivity index (χ0n) is 16.1. The maximum Gasteiger partial charge on any atom is 0.443 e. The molecule has 0 heterocycles. The number of hydroxylamine groups is 2. The number of benzene rings is 2. The molecule has 0 spiro atoms. The van der Waals surface area contributed by atoms with Gasteiger partial charge in [-0.15, -0.1) is 5.06 Å². The van der Waals surface area contributed by atoms with Gasteiger partial charge in [-0.1, -0.05) is 49.4 Å². The molecule has 0 saturated heterocycles. The van der Waals surface area contributed by atoms with Crippen LogP contribution < -0.4 is 0 Å². The monoisotopic (exact) mass is 357 g/mol. The van der Waals surface area contributed by atoms with Gasteiger partial charge in [-0.2, -0.15) is 0 Å². The lowest BCUT2D eigenvalue weighted by molar-refractivity contribution is -0.180. The molecule has 140 valence electrons. The van der Waals surface area contributed by atoms with Gasteiger partial charge in [0.1, 0.15) is 5.60 Å². The van der Waals surface area contributed by atoms with Gasteiger partial charge in [-0.05, 0) is 49.4 Å². The number of nitrogens with zero attached hydrogens (tertiary/aromatic N) is 1. The highest BCUT2D eigenvalue weighted by Gasteiger charge is 2.23. The molecular weight excluding hydrogens is 330 g/mol. The summed E-state index contributed by atoms with van der Waals surface area (Å²) in [5.74, 6) is -0.359. The molecule has 1 amide bonds. The fourth-order valence-corrected chi connectivity index (χ4v) is 2.68. The highest BCUT2D eigenvalue weighted by Crippen LogP contribution is 2.19. The van der Waals surface area contributed by atoms with Gasteiger partial charge in [0.2, 0.25) is 0 Å². The standard InChI is InChI=1S/C21H27NO4/c1-15(12-16-10-11-17-8-6-7-9-18(17)14-16)13-19(23)26-22(5)20(24)25-21(2,3)4/h6-11,14-15H,12-13H2,1-5H3. The van der Waals surface area contributed by atoms with Crippen LogP contribution in [0.3, 0.4) is 0 Å². The van der Waals surface area contributed by atoms with E-state index in [-0.39, 0.29) is 12.3 Å². The van der Waals surface area contributed by atoms with Crippen molar-refractivity contribution in [2.75, 3.05) is 7.05 Å². The van der Waals surface area contributed by atoms with E-state index in [4.69, 9.17) is 9.57 Å². The van der Waals surface area contributed by atoms with Crippen LogP contribution in [0.15, 0.2) is 42.5 Å². The molecule has 2 aromatic rings. The van der Waals surface area contributed by atoms with Crippen LogP contribution in [0, 0.1) is 5.92 Å². The van der Waals surface area contributed by atoms with E-state index in [0.29, 0.717) is 0 Å². The second-order valence-electron chi connectivity index (χ2n) is 7.64. The number of hydrogen-bond donors (Lipinski definition) is 0. The number of rotatable bonds is 4. The number of hydrogen-bond acceptors (Lipinski definition) is 4. The van der Waals surface area contributed by atoms with Crippen molar-refractivity contribution in [3.8, 4) is 0 Å². The van der Waals surface area contributed by atoms with Gasteiger partial charge in [-0.25, -0.2) is 9.59 Å². The van der Waals surface area contributed by atoms with Gasteiger partial charge in [-0.3, -0.25) is 0 Å². The second-order valence-corrected chi connectivity index (χ2v) is 7.64. The molecule has 0 N–H and O–H groups in total. The van der Waals surface area contributed by atoms with Crippen LogP contribution in [0.5, 0.6) is 0 Å². The zero-order chi connectivity index (χ0) is 19.3. The average Bonchev–Trinajstić information content (AvgIpc) is 2.52. The molecule has 0 radical (unpaired) electrons. The normalized spacial score (nSPS) is 12.5. The first-order valence-corrected chi connectivity index (χ1v) is 8.79. The summed E-state index contributed by atoms with van der Waals surface area (Å²) in [5.41, 5.74) is 0.533. The van der Waals surface area contributed by atoms with E-state index in [9.17, 15) is 9.59 Å². The van der Waals surface area contributed by atoms with Crippen molar-refractivity contribution in [1.29, 1.82) is 0 Å². The smallest absolute Gasteiger partial charge is 0.442 e. The van der Waals surface area contributed by atoms with Crippen molar-refractivity contribution in [3.05, 3.63) is 48.0 Å². The molecule has 5 heteroatoms. The van der Waals surface area contributed by atoms with E-state index in [1.807, 2.05) is 19.1 Å². The maximum atomic E-state index is 12.1. The van der Waals surface area contributed by atoms with E-state index in [0.717, 1.165) is 11.5 Å². The number of fused-ring (bicyclic) bond motifs is 1. The third-order valence-corrected chi connectivity index (χ3v) is 3.80. The molecule has 0 saturated carbocycles. The highest BCUT2D eigenvalue weighted by molar-refractivity contribution is 5.83. The quantitative estimate of drug-likeness (QED) is 0.742. The van der Waals surface area contributed by atoms with Crippen molar-refractivity contribution in [2.45, 2.75) is 46.1 Å². The molecule has 26 heavy (non-hydrogen) atoms. The summed E-state index contributed by atoms with van der Waals surface area (Å²) in [6, 6.07) is 14.5. The lowest BCUT2D eigenvalue weighted by atomic mass is 9.96. The van der Waals surface area contributed by atoms with Crippen molar-refractivity contribution in [1.82, 2.24) is 5.06 Å². The Balaban J connectivity index is 1.87. The molecule has 0 aliphatic rings. The Morgan fingerprint density at radius 3 is 2.38 bits per heavy atom. The van der Waals surface area contributed by atoms with Gasteiger partial charge < -0.3 is 9.57 Å². The summed E-state index contributed by atoms with van der Waals surface area (Å²) < 4.78 is 5.15. The van der Waals surface area contributed by atoms with Crippen LogP contribution in [-0.4, -0.2) is 29.8 Å². The minimum atomic E-state index is -0.687. The number of amides is 1. The van der Waals surface area contributed by atoms with Crippen LogP contribution in [0.25, 0.3) is 10.8 Å². The Labute approximate surface area is 154 Å². The molecule has 5 nitrogen and oxygen atoms in total. The first-order chi connectivity index (χ1) is 12.1. The van der Waals surface area contributed by atoms with Gasteiger partial charge in [0.15, 0.2) is 0 Å². The van der Waals surface area contributed by atoms with Crippen molar-refractivity contribution in [3.63, 3.8) is 0 Å². The lowest BCUT2D eigenvalue weighted by Crippen LogP contribution is -2.36. The number of carbonyl (C=O) groups excluding carboxylic acids is 2. The second kappa shape index (κ2) is 8.21. The molecule has 0 aliphatic heterocycles. The minimum absolute atomic E-state index is 0.0932. The molecule has 2 aromatic carbocycles. The summed E-state index contributed by atoms with van der Waals surface area (Å²) in [6.45, 7) is 7.26. The van der Waals surface area contributed by atoms with Gasteiger partial charge in [0, 0.05) is 0 Å². The van der Waals surface area contributed by atoms with E-state index in [1.165, 1.54) is 23.4 Å².